The maximum Gasteiger partial charge on any atom is 0.234 e. The van der Waals surface area contributed by atoms with E-state index in [9.17, 15) is 4.79 Å². The third kappa shape index (κ3) is 5.21. The lowest BCUT2D eigenvalue weighted by atomic mass is 10.2. The molecule has 0 aliphatic carbocycles. The van der Waals surface area contributed by atoms with Gasteiger partial charge in [0, 0.05) is 12.1 Å². The number of nitrogens with one attached hydrogen (secondary N) is 1. The van der Waals surface area contributed by atoms with Crippen LogP contribution in [0.4, 0.5) is 5.69 Å². The van der Waals surface area contributed by atoms with Gasteiger partial charge in [0.25, 0.3) is 0 Å². The van der Waals surface area contributed by atoms with E-state index in [1.165, 1.54) is 11.8 Å². The van der Waals surface area contributed by atoms with Crippen LogP contribution >= 0.6 is 11.8 Å². The summed E-state index contributed by atoms with van der Waals surface area (Å²) in [5, 5.41) is 12.1. The molecule has 0 atom stereocenters. The Bertz CT molecular complexity index is 1020. The predicted octanol–water partition coefficient (Wildman–Crippen LogP) is 4.27. The van der Waals surface area contributed by atoms with Crippen molar-refractivity contribution in [2.75, 3.05) is 24.8 Å². The summed E-state index contributed by atoms with van der Waals surface area (Å²) in [4.78, 5) is 12.5. The molecule has 2 aromatic carbocycles. The van der Waals surface area contributed by atoms with Crippen LogP contribution in [0.2, 0.25) is 0 Å². The van der Waals surface area contributed by atoms with Crippen LogP contribution in [0.1, 0.15) is 6.92 Å². The minimum absolute atomic E-state index is 0.150. The zero-order valence-corrected chi connectivity index (χ0v) is 17.8. The quantitative estimate of drug-likeness (QED) is 0.387. The van der Waals surface area contributed by atoms with E-state index in [1.54, 1.807) is 13.2 Å². The number of methoxy groups -OCH3 is 1. The first-order valence-corrected chi connectivity index (χ1v) is 10.5. The molecule has 30 heavy (non-hydrogen) atoms. The van der Waals surface area contributed by atoms with Crippen LogP contribution < -0.4 is 14.8 Å². The van der Waals surface area contributed by atoms with Gasteiger partial charge in [0.2, 0.25) is 5.91 Å². The number of benzene rings is 2. The van der Waals surface area contributed by atoms with Gasteiger partial charge < -0.3 is 14.8 Å². The van der Waals surface area contributed by atoms with Crippen LogP contribution in [0.15, 0.2) is 66.3 Å². The van der Waals surface area contributed by atoms with Crippen molar-refractivity contribution in [2.24, 2.45) is 0 Å². The van der Waals surface area contributed by atoms with Crippen molar-refractivity contribution in [1.29, 1.82) is 0 Å². The number of nitrogens with zero attached hydrogens (tertiary/aromatic N) is 3. The Balaban J connectivity index is 1.73. The Labute approximate surface area is 180 Å². The molecule has 0 fully saturated rings. The zero-order valence-electron chi connectivity index (χ0n) is 17.0. The van der Waals surface area contributed by atoms with Gasteiger partial charge in [-0.25, -0.2) is 0 Å². The van der Waals surface area contributed by atoms with Crippen molar-refractivity contribution in [3.05, 3.63) is 61.2 Å². The number of para-hydroxylation sites is 2. The number of carbonyl (C=O) groups is 1. The van der Waals surface area contributed by atoms with Gasteiger partial charge in [-0.05, 0) is 31.2 Å². The van der Waals surface area contributed by atoms with Gasteiger partial charge in [-0.1, -0.05) is 42.1 Å². The first-order valence-electron chi connectivity index (χ1n) is 9.49. The van der Waals surface area contributed by atoms with Gasteiger partial charge in [-0.15, -0.1) is 16.8 Å². The van der Waals surface area contributed by atoms with E-state index in [0.717, 1.165) is 11.3 Å². The van der Waals surface area contributed by atoms with E-state index in [1.807, 2.05) is 60.0 Å². The molecule has 1 amide bonds. The molecule has 1 N–H and O–H groups in total. The number of aromatic nitrogens is 3. The molecule has 0 spiro atoms. The maximum absolute atomic E-state index is 12.5. The number of hydrogen-bond donors (Lipinski definition) is 1. The third-order valence-corrected chi connectivity index (χ3v) is 5.12. The minimum atomic E-state index is -0.150. The maximum atomic E-state index is 12.5. The highest BCUT2D eigenvalue weighted by Gasteiger charge is 2.16. The average Bonchev–Trinajstić information content (AvgIpc) is 3.17. The van der Waals surface area contributed by atoms with Crippen LogP contribution in [-0.2, 0) is 11.3 Å². The average molecular weight is 425 g/mol. The standard InChI is InChI=1S/C22H24N4O3S/c1-4-13-26-21(16-9-8-10-17(14-16)28-3)24-25-22(26)30-15-20(27)23-18-11-6-7-12-19(18)29-5-2/h4,6-12,14H,1,5,13,15H2,2-3H3,(H,23,27). The lowest BCUT2D eigenvalue weighted by Crippen LogP contribution is -2.15. The summed E-state index contributed by atoms with van der Waals surface area (Å²) < 4.78 is 12.8. The summed E-state index contributed by atoms with van der Waals surface area (Å²) >= 11 is 1.32. The van der Waals surface area contributed by atoms with Gasteiger partial charge in [0.1, 0.15) is 11.5 Å². The van der Waals surface area contributed by atoms with E-state index >= 15 is 0 Å². The summed E-state index contributed by atoms with van der Waals surface area (Å²) in [6, 6.07) is 15.0. The molecular formula is C22H24N4O3S. The van der Waals surface area contributed by atoms with Crippen molar-refractivity contribution in [2.45, 2.75) is 18.6 Å². The second-order valence-electron chi connectivity index (χ2n) is 6.20. The molecule has 0 saturated carbocycles. The van der Waals surface area contributed by atoms with E-state index < -0.39 is 0 Å². The molecule has 8 heteroatoms. The molecule has 0 bridgehead atoms. The van der Waals surface area contributed by atoms with Crippen LogP contribution in [0.5, 0.6) is 11.5 Å². The lowest BCUT2D eigenvalue weighted by Gasteiger charge is -2.11. The van der Waals surface area contributed by atoms with Gasteiger partial charge in [0.05, 0.1) is 25.2 Å². The number of ether oxygens (including phenoxy) is 2. The fourth-order valence-electron chi connectivity index (χ4n) is 2.83. The molecule has 0 saturated heterocycles. The van der Waals surface area contributed by atoms with Gasteiger partial charge in [-0.3, -0.25) is 9.36 Å². The van der Waals surface area contributed by atoms with E-state index in [-0.39, 0.29) is 11.7 Å². The SMILES string of the molecule is C=CCn1c(SCC(=O)Nc2ccccc2OCC)nnc1-c1cccc(OC)c1. The molecule has 3 rings (SSSR count). The molecule has 0 aliphatic heterocycles. The first-order chi connectivity index (χ1) is 14.7. The van der Waals surface area contributed by atoms with E-state index in [0.29, 0.717) is 35.6 Å². The molecule has 7 nitrogen and oxygen atoms in total. The van der Waals surface area contributed by atoms with Gasteiger partial charge >= 0.3 is 0 Å². The first kappa shape index (κ1) is 21.4. The number of rotatable bonds is 10. The van der Waals surface area contributed by atoms with Crippen molar-refractivity contribution >= 4 is 23.4 Å². The lowest BCUT2D eigenvalue weighted by molar-refractivity contribution is -0.113. The molecule has 0 unspecified atom stereocenters. The largest absolute Gasteiger partial charge is 0.497 e. The predicted molar refractivity (Wildman–Crippen MR) is 119 cm³/mol. The zero-order chi connectivity index (χ0) is 21.3. The Kier molecular flexibility index (Phi) is 7.51. The number of carbonyl (C=O) groups excluding carboxylic acids is 1. The number of allylic oxidation sites excluding steroid dienone is 1. The van der Waals surface area contributed by atoms with Crippen molar-refractivity contribution in [1.82, 2.24) is 14.8 Å². The summed E-state index contributed by atoms with van der Waals surface area (Å²) in [7, 11) is 1.62. The number of amides is 1. The topological polar surface area (TPSA) is 78.3 Å². The monoisotopic (exact) mass is 424 g/mol. The Morgan fingerprint density at radius 1 is 1.23 bits per heavy atom. The fourth-order valence-corrected chi connectivity index (χ4v) is 3.58. The Morgan fingerprint density at radius 3 is 2.83 bits per heavy atom. The summed E-state index contributed by atoms with van der Waals surface area (Å²) in [5.41, 5.74) is 1.53. The second-order valence-corrected chi connectivity index (χ2v) is 7.15. The van der Waals surface area contributed by atoms with Crippen LogP contribution in [-0.4, -0.2) is 40.1 Å². The Morgan fingerprint density at radius 2 is 2.07 bits per heavy atom. The van der Waals surface area contributed by atoms with Gasteiger partial charge in [0.15, 0.2) is 11.0 Å². The molecule has 1 aromatic heterocycles. The summed E-state index contributed by atoms with van der Waals surface area (Å²) in [5.74, 6) is 2.12. The molecule has 0 radical (unpaired) electrons. The molecular weight excluding hydrogens is 400 g/mol. The highest BCUT2D eigenvalue weighted by molar-refractivity contribution is 7.99. The normalized spacial score (nSPS) is 10.5. The van der Waals surface area contributed by atoms with Gasteiger partial charge in [-0.2, -0.15) is 0 Å². The number of anilines is 1. The molecule has 156 valence electrons. The highest BCUT2D eigenvalue weighted by atomic mass is 32.2. The van der Waals surface area contributed by atoms with Crippen molar-refractivity contribution < 1.29 is 14.3 Å². The van der Waals surface area contributed by atoms with Crippen molar-refractivity contribution in [3.8, 4) is 22.9 Å². The third-order valence-electron chi connectivity index (χ3n) is 4.15. The molecule has 1 heterocycles. The highest BCUT2D eigenvalue weighted by Crippen LogP contribution is 2.27. The van der Waals surface area contributed by atoms with Crippen LogP contribution in [0, 0.1) is 0 Å². The molecule has 0 aliphatic rings. The number of thioether (sulfide) groups is 1. The fraction of sp³-hybridized carbons (Fsp3) is 0.227. The minimum Gasteiger partial charge on any atom is -0.497 e. The molecule has 3 aromatic rings. The summed E-state index contributed by atoms with van der Waals surface area (Å²) in [6.45, 7) is 6.78. The van der Waals surface area contributed by atoms with Crippen LogP contribution in [0.25, 0.3) is 11.4 Å². The number of hydrogen-bond acceptors (Lipinski definition) is 6. The van der Waals surface area contributed by atoms with E-state index in [4.69, 9.17) is 9.47 Å². The van der Waals surface area contributed by atoms with Crippen LogP contribution in [0.3, 0.4) is 0 Å². The smallest absolute Gasteiger partial charge is 0.234 e. The Hall–Kier alpha value is -3.26. The van der Waals surface area contributed by atoms with E-state index in [2.05, 4.69) is 22.1 Å². The van der Waals surface area contributed by atoms with Crippen molar-refractivity contribution in [3.63, 3.8) is 0 Å². The second kappa shape index (κ2) is 10.5. The summed E-state index contributed by atoms with van der Waals surface area (Å²) in [6.07, 6.45) is 1.77.